The SMILES string of the molecule is CN1C[C@H]2CC[C]1C2. The molecule has 0 N–H and O–H groups in total. The molecule has 1 saturated heterocycles. The molecule has 1 atom stereocenters. The Labute approximate surface area is 50.7 Å². The van der Waals surface area contributed by atoms with Crippen LogP contribution < -0.4 is 0 Å². The van der Waals surface area contributed by atoms with Crippen molar-refractivity contribution in [3.63, 3.8) is 0 Å². The summed E-state index contributed by atoms with van der Waals surface area (Å²) < 4.78 is 0. The van der Waals surface area contributed by atoms with Gasteiger partial charge in [-0.05, 0) is 32.2 Å². The molecule has 8 heavy (non-hydrogen) atoms. The van der Waals surface area contributed by atoms with Crippen molar-refractivity contribution in [1.29, 1.82) is 0 Å². The number of likely N-dealkylation sites (tertiary alicyclic amines) is 1. The molecule has 0 aromatic heterocycles. The zero-order valence-electron chi connectivity index (χ0n) is 5.35. The lowest BCUT2D eigenvalue weighted by Gasteiger charge is -2.19. The molecule has 2 fully saturated rings. The van der Waals surface area contributed by atoms with Crippen molar-refractivity contribution in [2.45, 2.75) is 19.3 Å². The predicted octanol–water partition coefficient (Wildman–Crippen LogP) is 1.26. The van der Waals surface area contributed by atoms with E-state index in [9.17, 15) is 0 Å². The summed E-state index contributed by atoms with van der Waals surface area (Å²) in [5.74, 6) is 1.04. The average molecular weight is 110 g/mol. The summed E-state index contributed by atoms with van der Waals surface area (Å²) in [6.45, 7) is 1.34. The Morgan fingerprint density at radius 3 is 2.75 bits per heavy atom. The second-order valence-corrected chi connectivity index (χ2v) is 3.06. The monoisotopic (exact) mass is 110 g/mol. The maximum atomic E-state index is 2.42. The van der Waals surface area contributed by atoms with E-state index in [1.807, 2.05) is 0 Å². The minimum absolute atomic E-state index is 1.04. The molecule has 1 heterocycles. The normalized spacial score (nSPS) is 39.4. The van der Waals surface area contributed by atoms with Crippen LogP contribution in [0.5, 0.6) is 0 Å². The molecule has 0 aromatic carbocycles. The smallest absolute Gasteiger partial charge is 0.0393 e. The van der Waals surface area contributed by atoms with Gasteiger partial charge < -0.3 is 0 Å². The first-order valence-corrected chi connectivity index (χ1v) is 3.42. The first kappa shape index (κ1) is 4.80. The number of rotatable bonds is 0. The Kier molecular flexibility index (Phi) is 0.884. The fourth-order valence-corrected chi connectivity index (χ4v) is 1.93. The van der Waals surface area contributed by atoms with E-state index in [0.29, 0.717) is 0 Å². The van der Waals surface area contributed by atoms with E-state index in [0.717, 1.165) is 5.92 Å². The van der Waals surface area contributed by atoms with Crippen molar-refractivity contribution in [3.8, 4) is 0 Å². The Hall–Kier alpha value is -0.0400. The highest BCUT2D eigenvalue weighted by atomic mass is 15.2. The molecule has 0 spiro atoms. The Morgan fingerprint density at radius 2 is 2.50 bits per heavy atom. The fraction of sp³-hybridized carbons (Fsp3) is 0.857. The van der Waals surface area contributed by atoms with Crippen LogP contribution in [0.2, 0.25) is 0 Å². The van der Waals surface area contributed by atoms with Crippen LogP contribution in [0.1, 0.15) is 19.3 Å². The molecular weight excluding hydrogens is 98.1 g/mol. The van der Waals surface area contributed by atoms with Gasteiger partial charge in [0.1, 0.15) is 0 Å². The number of piperidine rings is 1. The van der Waals surface area contributed by atoms with Gasteiger partial charge in [0.2, 0.25) is 0 Å². The van der Waals surface area contributed by atoms with Gasteiger partial charge in [-0.3, -0.25) is 4.90 Å². The van der Waals surface area contributed by atoms with Crippen molar-refractivity contribution in [3.05, 3.63) is 6.04 Å². The maximum Gasteiger partial charge on any atom is 0.0393 e. The quantitative estimate of drug-likeness (QED) is 0.454. The summed E-state index contributed by atoms with van der Waals surface area (Å²) in [5, 5.41) is 0. The van der Waals surface area contributed by atoms with E-state index in [1.165, 1.54) is 25.8 Å². The van der Waals surface area contributed by atoms with E-state index >= 15 is 0 Å². The molecule has 1 nitrogen and oxygen atoms in total. The number of nitrogens with zero attached hydrogens (tertiary/aromatic N) is 1. The number of hydrogen-bond acceptors (Lipinski definition) is 1. The highest BCUT2D eigenvalue weighted by Gasteiger charge is 2.35. The van der Waals surface area contributed by atoms with E-state index < -0.39 is 0 Å². The Bertz CT molecular complexity index is 98.6. The highest BCUT2D eigenvalue weighted by Crippen LogP contribution is 2.41. The van der Waals surface area contributed by atoms with Crippen LogP contribution in [0, 0.1) is 12.0 Å². The molecule has 2 aliphatic rings. The lowest BCUT2D eigenvalue weighted by atomic mass is 10.1. The second kappa shape index (κ2) is 1.47. The van der Waals surface area contributed by atoms with Crippen LogP contribution >= 0.6 is 0 Å². The summed E-state index contributed by atoms with van der Waals surface area (Å²) in [6.07, 6.45) is 4.28. The van der Waals surface area contributed by atoms with Gasteiger partial charge in [0.25, 0.3) is 0 Å². The molecule has 1 radical (unpaired) electrons. The summed E-state index contributed by atoms with van der Waals surface area (Å²) in [6, 6.07) is 1.70. The number of hydrogen-bond donors (Lipinski definition) is 0. The van der Waals surface area contributed by atoms with Gasteiger partial charge in [0.15, 0.2) is 0 Å². The van der Waals surface area contributed by atoms with E-state index in [4.69, 9.17) is 0 Å². The third-order valence-corrected chi connectivity index (χ3v) is 2.44. The first-order chi connectivity index (χ1) is 3.86. The summed E-state index contributed by atoms with van der Waals surface area (Å²) in [7, 11) is 2.22. The fourth-order valence-electron chi connectivity index (χ4n) is 1.93. The topological polar surface area (TPSA) is 3.24 Å². The first-order valence-electron chi connectivity index (χ1n) is 3.42. The molecule has 1 heteroatoms. The predicted molar refractivity (Wildman–Crippen MR) is 33.2 cm³/mol. The third kappa shape index (κ3) is 0.510. The van der Waals surface area contributed by atoms with Gasteiger partial charge in [-0.25, -0.2) is 0 Å². The Morgan fingerprint density at radius 1 is 1.62 bits per heavy atom. The molecule has 1 saturated carbocycles. The lowest BCUT2D eigenvalue weighted by Crippen LogP contribution is -2.21. The van der Waals surface area contributed by atoms with E-state index in [2.05, 4.69) is 11.9 Å². The van der Waals surface area contributed by atoms with Crippen molar-refractivity contribution in [1.82, 2.24) is 4.90 Å². The van der Waals surface area contributed by atoms with Crippen molar-refractivity contribution < 1.29 is 0 Å². The molecule has 1 aliphatic heterocycles. The number of fused-ring (bicyclic) bond motifs is 2. The van der Waals surface area contributed by atoms with E-state index in [-0.39, 0.29) is 0 Å². The van der Waals surface area contributed by atoms with Crippen LogP contribution in [-0.2, 0) is 0 Å². The molecule has 0 aromatic rings. The van der Waals surface area contributed by atoms with E-state index in [1.54, 1.807) is 6.04 Å². The van der Waals surface area contributed by atoms with Crippen LogP contribution in [-0.4, -0.2) is 18.5 Å². The largest absolute Gasteiger partial charge is 0.299 e. The highest BCUT2D eigenvalue weighted by molar-refractivity contribution is 5.03. The van der Waals surface area contributed by atoms with Crippen LogP contribution in [0.15, 0.2) is 0 Å². The molecule has 0 amide bonds. The van der Waals surface area contributed by atoms with Crippen molar-refractivity contribution in [2.24, 2.45) is 5.92 Å². The molecule has 1 aliphatic carbocycles. The second-order valence-electron chi connectivity index (χ2n) is 3.06. The summed E-state index contributed by atoms with van der Waals surface area (Å²) in [5.41, 5.74) is 0. The van der Waals surface area contributed by atoms with Crippen LogP contribution in [0.25, 0.3) is 0 Å². The zero-order chi connectivity index (χ0) is 5.56. The standard InChI is InChI=1S/C7H12N/c1-8-5-6-2-3-7(8)4-6/h6H,2-5H2,1H3/t6-/m0/s1. The van der Waals surface area contributed by atoms with Gasteiger partial charge in [0, 0.05) is 12.6 Å². The van der Waals surface area contributed by atoms with Gasteiger partial charge in [-0.2, -0.15) is 0 Å². The van der Waals surface area contributed by atoms with Crippen molar-refractivity contribution in [2.75, 3.05) is 13.6 Å². The van der Waals surface area contributed by atoms with Gasteiger partial charge in [0.05, 0.1) is 0 Å². The lowest BCUT2D eigenvalue weighted by molar-refractivity contribution is 0.329. The average Bonchev–Trinajstić information content (AvgIpc) is 2.23. The van der Waals surface area contributed by atoms with Crippen LogP contribution in [0.4, 0.5) is 0 Å². The molecular formula is C7H12N. The minimum atomic E-state index is 1.04. The van der Waals surface area contributed by atoms with Gasteiger partial charge in [-0.1, -0.05) is 0 Å². The molecule has 2 bridgehead atoms. The summed E-state index contributed by atoms with van der Waals surface area (Å²) >= 11 is 0. The minimum Gasteiger partial charge on any atom is -0.299 e. The maximum absolute atomic E-state index is 2.42. The van der Waals surface area contributed by atoms with Crippen molar-refractivity contribution >= 4 is 0 Å². The van der Waals surface area contributed by atoms with Crippen LogP contribution in [0.3, 0.4) is 0 Å². The third-order valence-electron chi connectivity index (χ3n) is 2.44. The zero-order valence-corrected chi connectivity index (χ0v) is 5.35. The van der Waals surface area contributed by atoms with Gasteiger partial charge >= 0.3 is 0 Å². The van der Waals surface area contributed by atoms with Gasteiger partial charge in [-0.15, -0.1) is 0 Å². The summed E-state index contributed by atoms with van der Waals surface area (Å²) in [4.78, 5) is 2.42. The molecule has 45 valence electrons. The Balaban J connectivity index is 2.11. The molecule has 0 unspecified atom stereocenters. The molecule has 2 rings (SSSR count).